The van der Waals surface area contributed by atoms with Gasteiger partial charge < -0.3 is 10.6 Å². The highest BCUT2D eigenvalue weighted by Gasteiger charge is 2.37. The second-order valence-corrected chi connectivity index (χ2v) is 9.46. The molecule has 7 nitrogen and oxygen atoms in total. The molecular weight excluding hydrogens is 530 g/mol. The summed E-state index contributed by atoms with van der Waals surface area (Å²) in [6.45, 7) is 1.88. The van der Waals surface area contributed by atoms with Crippen LogP contribution >= 0.6 is 23.2 Å². The van der Waals surface area contributed by atoms with E-state index in [2.05, 4.69) is 20.7 Å². The highest BCUT2D eigenvalue weighted by molar-refractivity contribution is 6.40. The van der Waals surface area contributed by atoms with Gasteiger partial charge in [0.2, 0.25) is 0 Å². The van der Waals surface area contributed by atoms with Gasteiger partial charge in [-0.1, -0.05) is 47.0 Å². The topological polar surface area (TPSA) is 88.9 Å². The number of amides is 2. The maximum absolute atomic E-state index is 13.5. The SMILES string of the molecule is Cc1ccc2c(Cl)c(NC(=O)c3cc(C(F)(F)F)nn3-c3ncccc3Cl)c(C(=O)NC3CC3)cc2c1. The van der Waals surface area contributed by atoms with Gasteiger partial charge in [0.05, 0.1) is 21.3 Å². The van der Waals surface area contributed by atoms with Crippen LogP contribution in [0.5, 0.6) is 0 Å². The second-order valence-electron chi connectivity index (χ2n) is 8.67. The van der Waals surface area contributed by atoms with Gasteiger partial charge in [0.15, 0.2) is 11.5 Å². The van der Waals surface area contributed by atoms with E-state index in [1.165, 1.54) is 18.3 Å². The lowest BCUT2D eigenvalue weighted by molar-refractivity contribution is -0.141. The molecule has 190 valence electrons. The lowest BCUT2D eigenvalue weighted by Gasteiger charge is -2.16. The van der Waals surface area contributed by atoms with Crippen molar-refractivity contribution in [2.75, 3.05) is 5.32 Å². The first-order valence-electron chi connectivity index (χ1n) is 11.2. The number of benzene rings is 2. The Hall–Kier alpha value is -3.63. The smallest absolute Gasteiger partial charge is 0.349 e. The fourth-order valence-electron chi connectivity index (χ4n) is 3.83. The quantitative estimate of drug-likeness (QED) is 0.311. The number of rotatable bonds is 5. The monoisotopic (exact) mass is 547 g/mol. The van der Waals surface area contributed by atoms with Crippen molar-refractivity contribution in [2.45, 2.75) is 32.0 Å². The standard InChI is InChI=1S/C25H18Cl2F3N5O2/c1-12-4-7-15-13(9-12)10-16(23(36)32-14-5-6-14)21(20(15)27)33-24(37)18-11-19(25(28,29)30)34-35(18)22-17(26)3-2-8-31-22/h2-4,7-11,14H,5-6H2,1H3,(H,32,36)(H,33,37). The van der Waals surface area contributed by atoms with E-state index in [0.717, 1.165) is 18.4 Å². The number of nitrogens with zero attached hydrogens (tertiary/aromatic N) is 3. The Morgan fingerprint density at radius 3 is 2.51 bits per heavy atom. The molecule has 2 N–H and O–H groups in total. The summed E-state index contributed by atoms with van der Waals surface area (Å²) >= 11 is 12.8. The molecule has 1 aliphatic rings. The Morgan fingerprint density at radius 2 is 1.84 bits per heavy atom. The first-order valence-corrected chi connectivity index (χ1v) is 11.9. The summed E-state index contributed by atoms with van der Waals surface area (Å²) in [7, 11) is 0. The Morgan fingerprint density at radius 1 is 1.08 bits per heavy atom. The molecule has 2 aromatic carbocycles. The zero-order valence-corrected chi connectivity index (χ0v) is 20.7. The highest BCUT2D eigenvalue weighted by Crippen LogP contribution is 2.37. The first kappa shape index (κ1) is 25.0. The fourth-order valence-corrected chi connectivity index (χ4v) is 4.35. The lowest BCUT2D eigenvalue weighted by atomic mass is 10.0. The van der Waals surface area contributed by atoms with Crippen LogP contribution in [0.25, 0.3) is 16.6 Å². The summed E-state index contributed by atoms with van der Waals surface area (Å²) in [6, 6.07) is 10.5. The average molecular weight is 548 g/mol. The molecule has 0 spiro atoms. The number of halogens is 5. The number of anilines is 1. The third kappa shape index (κ3) is 4.99. The lowest BCUT2D eigenvalue weighted by Crippen LogP contribution is -2.27. The Balaban J connectivity index is 1.62. The number of pyridine rings is 1. The summed E-state index contributed by atoms with van der Waals surface area (Å²) in [4.78, 5) is 30.5. The number of carbonyl (C=O) groups excluding carboxylic acids is 2. The van der Waals surface area contributed by atoms with Crippen molar-refractivity contribution in [2.24, 2.45) is 0 Å². The van der Waals surface area contributed by atoms with Crippen molar-refractivity contribution in [1.29, 1.82) is 0 Å². The van der Waals surface area contributed by atoms with Gasteiger partial charge in [0, 0.05) is 23.7 Å². The maximum atomic E-state index is 13.5. The molecule has 0 saturated heterocycles. The van der Waals surface area contributed by atoms with Gasteiger partial charge in [-0.2, -0.15) is 18.3 Å². The predicted molar refractivity (Wildman–Crippen MR) is 134 cm³/mol. The Bertz CT molecular complexity index is 1560. The highest BCUT2D eigenvalue weighted by atomic mass is 35.5. The van der Waals surface area contributed by atoms with Gasteiger partial charge >= 0.3 is 6.18 Å². The van der Waals surface area contributed by atoms with Crippen molar-refractivity contribution >= 4 is 51.5 Å². The molecule has 0 radical (unpaired) electrons. The molecule has 2 heterocycles. The Kier molecular flexibility index (Phi) is 6.33. The number of nitrogens with one attached hydrogen (secondary N) is 2. The van der Waals surface area contributed by atoms with Crippen molar-refractivity contribution in [3.8, 4) is 5.82 Å². The minimum Gasteiger partial charge on any atom is -0.349 e. The molecule has 0 aliphatic heterocycles. The number of carbonyl (C=O) groups is 2. The van der Waals surface area contributed by atoms with Crippen LogP contribution < -0.4 is 10.6 Å². The van der Waals surface area contributed by atoms with Gasteiger partial charge in [-0.3, -0.25) is 9.59 Å². The second kappa shape index (κ2) is 9.35. The summed E-state index contributed by atoms with van der Waals surface area (Å²) in [5.74, 6) is -1.62. The summed E-state index contributed by atoms with van der Waals surface area (Å²) in [5.41, 5.74) is -0.826. The van der Waals surface area contributed by atoms with Gasteiger partial charge in [-0.05, 0) is 43.4 Å². The summed E-state index contributed by atoms with van der Waals surface area (Å²) in [5, 5.41) is 10.2. The van der Waals surface area contributed by atoms with Crippen LogP contribution in [-0.2, 0) is 6.18 Å². The third-order valence-corrected chi connectivity index (χ3v) is 6.49. The number of aromatic nitrogens is 3. The van der Waals surface area contributed by atoms with Crippen LogP contribution in [0.4, 0.5) is 18.9 Å². The van der Waals surface area contributed by atoms with E-state index in [0.29, 0.717) is 21.5 Å². The zero-order chi connectivity index (χ0) is 26.5. The number of hydrogen-bond donors (Lipinski definition) is 2. The van der Waals surface area contributed by atoms with Gasteiger partial charge in [-0.15, -0.1) is 0 Å². The number of alkyl halides is 3. The zero-order valence-electron chi connectivity index (χ0n) is 19.2. The molecule has 4 aromatic rings. The van der Waals surface area contributed by atoms with E-state index in [1.54, 1.807) is 12.1 Å². The van der Waals surface area contributed by atoms with Crippen molar-refractivity contribution < 1.29 is 22.8 Å². The van der Waals surface area contributed by atoms with E-state index < -0.39 is 29.4 Å². The number of hydrogen-bond acceptors (Lipinski definition) is 4. The molecule has 0 bridgehead atoms. The number of fused-ring (bicyclic) bond motifs is 1. The van der Waals surface area contributed by atoms with Crippen LogP contribution in [0.1, 0.15) is 44.9 Å². The van der Waals surface area contributed by atoms with Gasteiger partial charge in [0.1, 0.15) is 5.69 Å². The predicted octanol–water partition coefficient (Wildman–Crippen LogP) is 6.20. The van der Waals surface area contributed by atoms with E-state index in [4.69, 9.17) is 23.2 Å². The molecule has 0 atom stereocenters. The van der Waals surface area contributed by atoms with Crippen LogP contribution in [0.15, 0.2) is 48.7 Å². The van der Waals surface area contributed by atoms with Crippen LogP contribution in [0.3, 0.4) is 0 Å². The maximum Gasteiger partial charge on any atom is 0.435 e. The third-order valence-electron chi connectivity index (χ3n) is 5.80. The molecule has 1 saturated carbocycles. The summed E-state index contributed by atoms with van der Waals surface area (Å²) in [6.07, 6.45) is -1.87. The molecule has 1 fully saturated rings. The van der Waals surface area contributed by atoms with Crippen molar-refractivity contribution in [1.82, 2.24) is 20.1 Å². The Labute approximate surface area is 218 Å². The average Bonchev–Trinajstić information content (AvgIpc) is 3.53. The van der Waals surface area contributed by atoms with E-state index in [9.17, 15) is 22.8 Å². The first-order chi connectivity index (χ1) is 17.5. The fraction of sp³-hybridized carbons (Fsp3) is 0.200. The normalized spacial score (nSPS) is 13.6. The molecule has 12 heteroatoms. The number of aryl methyl sites for hydroxylation is 1. The van der Waals surface area contributed by atoms with E-state index in [-0.39, 0.29) is 33.2 Å². The largest absolute Gasteiger partial charge is 0.435 e. The molecule has 0 unspecified atom stereocenters. The van der Waals surface area contributed by atoms with E-state index in [1.807, 2.05) is 19.1 Å². The molecular formula is C25H18Cl2F3N5O2. The molecule has 1 aliphatic carbocycles. The van der Waals surface area contributed by atoms with Crippen LogP contribution in [-0.4, -0.2) is 32.6 Å². The van der Waals surface area contributed by atoms with Gasteiger partial charge in [0.25, 0.3) is 11.8 Å². The molecule has 5 rings (SSSR count). The molecule has 2 amide bonds. The van der Waals surface area contributed by atoms with Crippen molar-refractivity contribution in [3.05, 3.63) is 81.2 Å². The summed E-state index contributed by atoms with van der Waals surface area (Å²) < 4.78 is 41.3. The van der Waals surface area contributed by atoms with Crippen molar-refractivity contribution in [3.63, 3.8) is 0 Å². The minimum absolute atomic E-state index is 0.0167. The van der Waals surface area contributed by atoms with E-state index >= 15 is 0 Å². The molecule has 37 heavy (non-hydrogen) atoms. The minimum atomic E-state index is -4.84. The molecule has 2 aromatic heterocycles. The van der Waals surface area contributed by atoms with Gasteiger partial charge in [-0.25, -0.2) is 9.67 Å². The van der Waals surface area contributed by atoms with Crippen LogP contribution in [0.2, 0.25) is 10.0 Å². The van der Waals surface area contributed by atoms with Crippen LogP contribution in [0, 0.1) is 6.92 Å².